The Morgan fingerprint density at radius 2 is 2.03 bits per heavy atom. The molecule has 0 saturated carbocycles. The SMILES string of the molecule is CC(C)c1nc2c(CCCN=C(N)N)nc(-c3c[nH]c4ccccc34)cn2c1O. The van der Waals surface area contributed by atoms with Crippen molar-refractivity contribution in [2.75, 3.05) is 6.54 Å². The lowest BCUT2D eigenvalue weighted by Gasteiger charge is -2.07. The Bertz CT molecular complexity index is 1200. The molecule has 0 atom stereocenters. The van der Waals surface area contributed by atoms with E-state index in [1.165, 1.54) is 0 Å². The number of rotatable bonds is 6. The highest BCUT2D eigenvalue weighted by Gasteiger charge is 2.19. The molecule has 0 amide bonds. The molecule has 8 heteroatoms. The van der Waals surface area contributed by atoms with Crippen molar-refractivity contribution < 1.29 is 5.11 Å². The minimum atomic E-state index is 0.0798. The van der Waals surface area contributed by atoms with Crippen LogP contribution in [0.2, 0.25) is 0 Å². The van der Waals surface area contributed by atoms with Crippen molar-refractivity contribution >= 4 is 22.5 Å². The number of imidazole rings is 1. The van der Waals surface area contributed by atoms with Gasteiger partial charge in [-0.15, -0.1) is 0 Å². The Hall–Kier alpha value is -3.55. The maximum Gasteiger partial charge on any atom is 0.219 e. The number of aromatic hydroxyl groups is 1. The lowest BCUT2D eigenvalue weighted by molar-refractivity contribution is 0.437. The Kier molecular flexibility index (Phi) is 4.84. The average Bonchev–Trinajstić information content (AvgIpc) is 3.26. The van der Waals surface area contributed by atoms with E-state index in [0.29, 0.717) is 24.3 Å². The maximum absolute atomic E-state index is 10.8. The van der Waals surface area contributed by atoms with Gasteiger partial charge >= 0.3 is 0 Å². The van der Waals surface area contributed by atoms with Crippen LogP contribution in [0.4, 0.5) is 0 Å². The molecule has 3 aromatic heterocycles. The van der Waals surface area contributed by atoms with Gasteiger partial charge in [0.25, 0.3) is 0 Å². The average molecular weight is 391 g/mol. The molecule has 4 aromatic rings. The molecule has 0 aliphatic heterocycles. The van der Waals surface area contributed by atoms with Gasteiger partial charge in [0.2, 0.25) is 5.88 Å². The first-order valence-corrected chi connectivity index (χ1v) is 9.68. The Balaban J connectivity index is 1.85. The van der Waals surface area contributed by atoms with Gasteiger partial charge in [-0.1, -0.05) is 32.0 Å². The third kappa shape index (κ3) is 3.49. The van der Waals surface area contributed by atoms with E-state index in [-0.39, 0.29) is 17.8 Å². The second-order valence-corrected chi connectivity index (χ2v) is 7.40. The minimum absolute atomic E-state index is 0.0798. The van der Waals surface area contributed by atoms with E-state index >= 15 is 0 Å². The number of fused-ring (bicyclic) bond motifs is 2. The third-order valence-corrected chi connectivity index (χ3v) is 4.95. The molecule has 0 spiro atoms. The molecular weight excluding hydrogens is 366 g/mol. The quantitative estimate of drug-likeness (QED) is 0.228. The standard InChI is InChI=1S/C21H25N7O/c1-12(2)18-20(29)28-11-17(14-10-25-15-7-4-3-6-13(14)15)26-16(19(28)27-18)8-5-9-24-21(22)23/h3-4,6-7,10-12,25,29H,5,8-9H2,1-2H3,(H4,22,23,24). The number of nitrogens with zero attached hydrogens (tertiary/aromatic N) is 4. The molecule has 0 fully saturated rings. The van der Waals surface area contributed by atoms with Crippen LogP contribution in [0, 0.1) is 0 Å². The predicted molar refractivity (Wildman–Crippen MR) is 115 cm³/mol. The van der Waals surface area contributed by atoms with E-state index < -0.39 is 0 Å². The summed E-state index contributed by atoms with van der Waals surface area (Å²) in [5.74, 6) is 0.334. The highest BCUT2D eigenvalue weighted by atomic mass is 16.3. The second-order valence-electron chi connectivity index (χ2n) is 7.40. The van der Waals surface area contributed by atoms with Crippen LogP contribution < -0.4 is 11.5 Å². The molecule has 8 nitrogen and oxygen atoms in total. The Morgan fingerprint density at radius 1 is 1.24 bits per heavy atom. The summed E-state index contributed by atoms with van der Waals surface area (Å²) in [5.41, 5.74) is 15.8. The topological polar surface area (TPSA) is 131 Å². The third-order valence-electron chi connectivity index (χ3n) is 4.95. The lowest BCUT2D eigenvalue weighted by Crippen LogP contribution is -2.23. The number of aromatic amines is 1. The zero-order chi connectivity index (χ0) is 20.5. The van der Waals surface area contributed by atoms with Crippen LogP contribution in [0.3, 0.4) is 0 Å². The normalized spacial score (nSPS) is 11.6. The first-order chi connectivity index (χ1) is 14.0. The minimum Gasteiger partial charge on any atom is -0.493 e. The van der Waals surface area contributed by atoms with Crippen LogP contribution in [0.5, 0.6) is 5.88 Å². The molecule has 0 unspecified atom stereocenters. The van der Waals surface area contributed by atoms with E-state index in [1.807, 2.05) is 44.4 Å². The summed E-state index contributed by atoms with van der Waals surface area (Å²) >= 11 is 0. The van der Waals surface area contributed by atoms with Crippen molar-refractivity contribution in [3.63, 3.8) is 0 Å². The molecule has 3 heterocycles. The van der Waals surface area contributed by atoms with E-state index in [2.05, 4.69) is 21.0 Å². The number of aliphatic imine (C=N–C) groups is 1. The largest absolute Gasteiger partial charge is 0.493 e. The van der Waals surface area contributed by atoms with Crippen molar-refractivity contribution in [1.29, 1.82) is 0 Å². The van der Waals surface area contributed by atoms with Gasteiger partial charge in [0.05, 0.1) is 11.4 Å². The number of guanidine groups is 1. The molecule has 29 heavy (non-hydrogen) atoms. The predicted octanol–water partition coefficient (Wildman–Crippen LogP) is 2.91. The zero-order valence-electron chi connectivity index (χ0n) is 16.6. The molecule has 150 valence electrons. The van der Waals surface area contributed by atoms with Crippen LogP contribution in [0.15, 0.2) is 41.7 Å². The van der Waals surface area contributed by atoms with Gasteiger partial charge in [0.15, 0.2) is 11.6 Å². The fraction of sp³-hybridized carbons (Fsp3) is 0.286. The van der Waals surface area contributed by atoms with Gasteiger partial charge in [-0.05, 0) is 18.9 Å². The number of benzene rings is 1. The number of aromatic nitrogens is 4. The van der Waals surface area contributed by atoms with E-state index in [0.717, 1.165) is 34.3 Å². The number of nitrogens with one attached hydrogen (secondary N) is 1. The molecule has 1 aromatic carbocycles. The molecule has 0 saturated heterocycles. The molecule has 6 N–H and O–H groups in total. The van der Waals surface area contributed by atoms with Crippen molar-refractivity contribution in [2.45, 2.75) is 32.6 Å². The lowest BCUT2D eigenvalue weighted by atomic mass is 10.1. The van der Waals surface area contributed by atoms with Crippen LogP contribution >= 0.6 is 0 Å². The molecule has 0 radical (unpaired) electrons. The summed E-state index contributed by atoms with van der Waals surface area (Å²) in [5, 5.41) is 11.9. The summed E-state index contributed by atoms with van der Waals surface area (Å²) in [6.45, 7) is 4.53. The highest BCUT2D eigenvalue weighted by Crippen LogP contribution is 2.32. The first-order valence-electron chi connectivity index (χ1n) is 9.68. The van der Waals surface area contributed by atoms with Crippen molar-refractivity contribution in [3.8, 4) is 17.1 Å². The molecule has 0 aliphatic carbocycles. The fourth-order valence-electron chi connectivity index (χ4n) is 3.54. The smallest absolute Gasteiger partial charge is 0.219 e. The number of hydrogen-bond donors (Lipinski definition) is 4. The van der Waals surface area contributed by atoms with Gasteiger partial charge in [-0.2, -0.15) is 0 Å². The van der Waals surface area contributed by atoms with Crippen molar-refractivity contribution in [3.05, 3.63) is 48.0 Å². The molecule has 0 aliphatic rings. The van der Waals surface area contributed by atoms with E-state index in [9.17, 15) is 5.11 Å². The van der Waals surface area contributed by atoms with Crippen molar-refractivity contribution in [1.82, 2.24) is 19.4 Å². The Morgan fingerprint density at radius 3 is 2.79 bits per heavy atom. The summed E-state index contributed by atoms with van der Waals surface area (Å²) < 4.78 is 1.73. The fourth-order valence-corrected chi connectivity index (χ4v) is 3.54. The Labute approximate surface area is 168 Å². The highest BCUT2D eigenvalue weighted by molar-refractivity contribution is 5.94. The summed E-state index contributed by atoms with van der Waals surface area (Å²) in [7, 11) is 0. The van der Waals surface area contributed by atoms with Gasteiger partial charge < -0.3 is 21.6 Å². The van der Waals surface area contributed by atoms with Crippen molar-refractivity contribution in [2.24, 2.45) is 16.5 Å². The van der Waals surface area contributed by atoms with Gasteiger partial charge in [-0.3, -0.25) is 9.39 Å². The van der Waals surface area contributed by atoms with Crippen LogP contribution in [-0.2, 0) is 6.42 Å². The van der Waals surface area contributed by atoms with Crippen LogP contribution in [-0.4, -0.2) is 37.0 Å². The number of para-hydroxylation sites is 1. The van der Waals surface area contributed by atoms with Gasteiger partial charge in [0.1, 0.15) is 5.69 Å². The zero-order valence-corrected chi connectivity index (χ0v) is 16.6. The monoisotopic (exact) mass is 391 g/mol. The van der Waals surface area contributed by atoms with Gasteiger partial charge in [0, 0.05) is 41.3 Å². The number of aryl methyl sites for hydroxylation is 1. The molecule has 4 rings (SSSR count). The number of hydrogen-bond acceptors (Lipinski definition) is 4. The molecular formula is C21H25N7O. The number of nitrogens with two attached hydrogens (primary N) is 2. The van der Waals surface area contributed by atoms with Gasteiger partial charge in [-0.25, -0.2) is 9.97 Å². The number of H-pyrrole nitrogens is 1. The van der Waals surface area contributed by atoms with E-state index in [1.54, 1.807) is 4.40 Å². The summed E-state index contributed by atoms with van der Waals surface area (Å²) in [4.78, 5) is 16.9. The van der Waals surface area contributed by atoms with Crippen LogP contribution in [0.25, 0.3) is 27.8 Å². The first kappa shape index (κ1) is 18.8. The second kappa shape index (κ2) is 7.46. The maximum atomic E-state index is 10.8. The van der Waals surface area contributed by atoms with Crippen LogP contribution in [0.1, 0.15) is 37.6 Å². The summed E-state index contributed by atoms with van der Waals surface area (Å²) in [6.07, 6.45) is 5.16. The van der Waals surface area contributed by atoms with E-state index in [4.69, 9.17) is 16.5 Å². The summed E-state index contributed by atoms with van der Waals surface area (Å²) in [6, 6.07) is 8.07. The molecule has 0 bridgehead atoms.